The lowest BCUT2D eigenvalue weighted by atomic mass is 9.84. The molecule has 1 unspecified atom stereocenters. The molecule has 36 heavy (non-hydrogen) atoms. The Balaban J connectivity index is 1.75. The molecule has 0 aliphatic heterocycles. The summed E-state index contributed by atoms with van der Waals surface area (Å²) < 4.78 is 90.0. The smallest absolute Gasteiger partial charge is 0.323 e. The van der Waals surface area contributed by atoms with E-state index < -0.39 is 58.0 Å². The van der Waals surface area contributed by atoms with Crippen LogP contribution in [0.3, 0.4) is 0 Å². The second kappa shape index (κ2) is 9.04. The summed E-state index contributed by atoms with van der Waals surface area (Å²) in [5.74, 6) is -10.6. The lowest BCUT2D eigenvalue weighted by molar-refractivity contribution is -0.207. The molecule has 13 heteroatoms. The minimum Gasteiger partial charge on any atom is -0.377 e. The van der Waals surface area contributed by atoms with Crippen molar-refractivity contribution in [2.45, 2.75) is 24.0 Å². The number of aliphatic hydroxyl groups is 1. The number of halogens is 6. The van der Waals surface area contributed by atoms with Crippen LogP contribution in [0.4, 0.5) is 26.3 Å². The van der Waals surface area contributed by atoms with Crippen molar-refractivity contribution in [3.8, 4) is 6.07 Å². The van der Waals surface area contributed by atoms with E-state index in [1.807, 2.05) is 0 Å². The van der Waals surface area contributed by atoms with Gasteiger partial charge in [0, 0.05) is 29.0 Å². The molecule has 0 saturated carbocycles. The first-order valence-electron chi connectivity index (χ1n) is 10.1. The molecule has 1 atom stereocenters. The van der Waals surface area contributed by atoms with Gasteiger partial charge in [-0.3, -0.25) is 4.98 Å². The van der Waals surface area contributed by atoms with Gasteiger partial charge >= 0.3 is 5.92 Å². The van der Waals surface area contributed by atoms with Crippen molar-refractivity contribution < 1.29 is 31.4 Å². The number of pyridine rings is 1. The van der Waals surface area contributed by atoms with Crippen LogP contribution in [-0.4, -0.2) is 30.3 Å². The van der Waals surface area contributed by atoms with Crippen molar-refractivity contribution in [3.05, 3.63) is 107 Å². The van der Waals surface area contributed by atoms with Gasteiger partial charge in [0.1, 0.15) is 23.7 Å². The van der Waals surface area contributed by atoms with Gasteiger partial charge in [-0.25, -0.2) is 13.5 Å². The van der Waals surface area contributed by atoms with E-state index in [2.05, 4.69) is 20.5 Å². The molecule has 0 bridgehead atoms. The standard InChI is InChI=1S/C23H14F6N6O/c24-17-6-7-18(19(25)9-17)21(36,12-35-13-32-33-34-35)23(28,29)20-8-5-16(11-31-20)22(26,27)15-3-1-14(10-30)2-4-15/h1-9,11,13,36H,12H2. The summed E-state index contributed by atoms with van der Waals surface area (Å²) in [5, 5.41) is 29.9. The molecule has 0 amide bonds. The third-order valence-electron chi connectivity index (χ3n) is 5.50. The predicted octanol–water partition coefficient (Wildman–Crippen LogP) is 4.04. The summed E-state index contributed by atoms with van der Waals surface area (Å²) in [4.78, 5) is 3.44. The fourth-order valence-corrected chi connectivity index (χ4v) is 3.56. The van der Waals surface area contributed by atoms with Crippen molar-refractivity contribution in [3.63, 3.8) is 0 Å². The largest absolute Gasteiger partial charge is 0.377 e. The maximum Gasteiger partial charge on any atom is 0.323 e. The normalized spacial score (nSPS) is 13.7. The van der Waals surface area contributed by atoms with Gasteiger partial charge in [0.05, 0.1) is 18.2 Å². The maximum atomic E-state index is 15.7. The lowest BCUT2D eigenvalue weighted by Gasteiger charge is -2.35. The maximum absolute atomic E-state index is 15.7. The number of nitrogens with zero attached hydrogens (tertiary/aromatic N) is 6. The van der Waals surface area contributed by atoms with E-state index in [-0.39, 0.29) is 5.56 Å². The molecule has 0 fully saturated rings. The third kappa shape index (κ3) is 4.27. The topological polar surface area (TPSA) is 101 Å². The second-order valence-corrected chi connectivity index (χ2v) is 7.76. The van der Waals surface area contributed by atoms with Crippen LogP contribution >= 0.6 is 0 Å². The molecule has 4 aromatic rings. The Labute approximate surface area is 199 Å². The first-order valence-corrected chi connectivity index (χ1v) is 10.1. The number of aromatic nitrogens is 5. The number of nitriles is 1. The van der Waals surface area contributed by atoms with Crippen molar-refractivity contribution in [1.82, 2.24) is 25.2 Å². The number of hydrogen-bond donors (Lipinski definition) is 1. The van der Waals surface area contributed by atoms with E-state index in [1.54, 1.807) is 6.07 Å². The fourth-order valence-electron chi connectivity index (χ4n) is 3.56. The minimum atomic E-state index is -4.39. The highest BCUT2D eigenvalue weighted by molar-refractivity contribution is 5.38. The molecule has 0 spiro atoms. The van der Waals surface area contributed by atoms with Crippen LogP contribution in [-0.2, 0) is 24.0 Å². The summed E-state index contributed by atoms with van der Waals surface area (Å²) in [6, 6.07) is 9.06. The van der Waals surface area contributed by atoms with Crippen LogP contribution in [0, 0.1) is 23.0 Å². The summed E-state index contributed by atoms with van der Waals surface area (Å²) in [6.45, 7) is -1.08. The number of alkyl halides is 4. The van der Waals surface area contributed by atoms with E-state index in [1.165, 1.54) is 12.1 Å². The van der Waals surface area contributed by atoms with Gasteiger partial charge in [0.15, 0.2) is 5.60 Å². The molecular weight excluding hydrogens is 490 g/mol. The molecule has 0 aliphatic carbocycles. The molecule has 0 saturated heterocycles. The lowest BCUT2D eigenvalue weighted by Crippen LogP contribution is -2.48. The van der Waals surface area contributed by atoms with Gasteiger partial charge in [0.25, 0.3) is 5.92 Å². The van der Waals surface area contributed by atoms with Gasteiger partial charge in [-0.1, -0.05) is 12.1 Å². The molecule has 2 aromatic carbocycles. The Morgan fingerprint density at radius 1 is 0.944 bits per heavy atom. The highest BCUT2D eigenvalue weighted by Gasteiger charge is 2.58. The van der Waals surface area contributed by atoms with E-state index in [9.17, 15) is 22.7 Å². The van der Waals surface area contributed by atoms with Gasteiger partial charge < -0.3 is 5.11 Å². The first-order chi connectivity index (χ1) is 17.0. The Morgan fingerprint density at radius 2 is 1.64 bits per heavy atom. The average Bonchev–Trinajstić information content (AvgIpc) is 3.36. The summed E-state index contributed by atoms with van der Waals surface area (Å²) in [6.07, 6.45) is 1.39. The van der Waals surface area contributed by atoms with Crippen molar-refractivity contribution in [2.75, 3.05) is 0 Å². The Morgan fingerprint density at radius 3 is 2.19 bits per heavy atom. The minimum absolute atomic E-state index is 0.151. The average molecular weight is 504 g/mol. The molecule has 1 N–H and O–H groups in total. The zero-order chi connectivity index (χ0) is 26.1. The third-order valence-corrected chi connectivity index (χ3v) is 5.50. The van der Waals surface area contributed by atoms with Gasteiger partial charge in [0.2, 0.25) is 0 Å². The van der Waals surface area contributed by atoms with E-state index in [0.717, 1.165) is 18.5 Å². The molecule has 184 valence electrons. The van der Waals surface area contributed by atoms with Crippen LogP contribution in [0.15, 0.2) is 67.1 Å². The van der Waals surface area contributed by atoms with Crippen LogP contribution < -0.4 is 0 Å². The molecular formula is C23H14F6N6O. The summed E-state index contributed by atoms with van der Waals surface area (Å²) in [5.41, 5.74) is -6.66. The van der Waals surface area contributed by atoms with Gasteiger partial charge in [-0.05, 0) is 46.8 Å². The highest BCUT2D eigenvalue weighted by Crippen LogP contribution is 2.47. The van der Waals surface area contributed by atoms with Crippen LogP contribution in [0.25, 0.3) is 0 Å². The molecule has 0 radical (unpaired) electrons. The monoisotopic (exact) mass is 504 g/mol. The summed E-state index contributed by atoms with van der Waals surface area (Å²) in [7, 11) is 0. The van der Waals surface area contributed by atoms with Crippen LogP contribution in [0.1, 0.15) is 27.9 Å². The number of hydrogen-bond acceptors (Lipinski definition) is 6. The Hall–Kier alpha value is -4.31. The predicted molar refractivity (Wildman–Crippen MR) is 110 cm³/mol. The molecule has 2 aromatic heterocycles. The van der Waals surface area contributed by atoms with Gasteiger partial charge in [-0.15, -0.1) is 5.10 Å². The first kappa shape index (κ1) is 24.8. The quantitative estimate of drug-likeness (QED) is 0.382. The molecule has 2 heterocycles. The Bertz CT molecular complexity index is 1400. The zero-order valence-corrected chi connectivity index (χ0v) is 18.0. The molecule has 7 nitrogen and oxygen atoms in total. The SMILES string of the molecule is N#Cc1ccc(C(F)(F)c2ccc(C(F)(F)C(O)(Cn3cnnn3)c3ccc(F)cc3F)nc2)cc1. The highest BCUT2D eigenvalue weighted by atomic mass is 19.3. The molecule has 0 aliphatic rings. The number of rotatable bonds is 7. The fraction of sp³-hybridized carbons (Fsp3) is 0.174. The Kier molecular flexibility index (Phi) is 6.23. The van der Waals surface area contributed by atoms with E-state index in [0.29, 0.717) is 41.2 Å². The van der Waals surface area contributed by atoms with Crippen molar-refractivity contribution in [2.24, 2.45) is 0 Å². The van der Waals surface area contributed by atoms with Gasteiger partial charge in [-0.2, -0.15) is 22.8 Å². The summed E-state index contributed by atoms with van der Waals surface area (Å²) >= 11 is 0. The van der Waals surface area contributed by atoms with Crippen molar-refractivity contribution >= 4 is 0 Å². The van der Waals surface area contributed by atoms with Crippen molar-refractivity contribution in [1.29, 1.82) is 5.26 Å². The van der Waals surface area contributed by atoms with E-state index in [4.69, 9.17) is 5.26 Å². The number of benzene rings is 2. The zero-order valence-electron chi connectivity index (χ0n) is 18.0. The number of tetrazole rings is 1. The molecule has 4 rings (SSSR count). The second-order valence-electron chi connectivity index (χ2n) is 7.76. The van der Waals surface area contributed by atoms with Crippen LogP contribution in [0.5, 0.6) is 0 Å². The van der Waals surface area contributed by atoms with Crippen LogP contribution in [0.2, 0.25) is 0 Å². The van der Waals surface area contributed by atoms with E-state index >= 15 is 8.78 Å².